The fraction of sp³-hybridized carbons (Fsp3) is 0.611. The van der Waals surface area contributed by atoms with Gasteiger partial charge in [-0.1, -0.05) is 19.1 Å². The van der Waals surface area contributed by atoms with Gasteiger partial charge < -0.3 is 9.08 Å². The second kappa shape index (κ2) is 9.05. The minimum Gasteiger partial charge on any atom is -0.376 e. The number of hydrogen-bond acceptors (Lipinski definition) is 4. The number of alkyl halides is 3. The number of carbonyl (C=O) groups excluding carboxylic acids is 1. The van der Waals surface area contributed by atoms with Crippen molar-refractivity contribution in [1.29, 1.82) is 0 Å². The third-order valence-corrected chi connectivity index (χ3v) is 5.85. The molecule has 0 radical (unpaired) electrons. The molecule has 152 valence electrons. The zero-order valence-corrected chi connectivity index (χ0v) is 16.0. The van der Waals surface area contributed by atoms with E-state index in [0.29, 0.717) is 12.0 Å². The van der Waals surface area contributed by atoms with Crippen LogP contribution in [-0.4, -0.2) is 39.3 Å². The normalized spacial score (nSPS) is 17.0. The molecule has 0 amide bonds. The third kappa shape index (κ3) is 6.21. The Kier molecular flexibility index (Phi) is 7.27. The van der Waals surface area contributed by atoms with Gasteiger partial charge in [0.25, 0.3) is 0 Å². The second-order valence-electron chi connectivity index (χ2n) is 6.90. The Bertz CT molecular complexity index is 726. The van der Waals surface area contributed by atoms with E-state index < -0.39 is 27.3 Å². The van der Waals surface area contributed by atoms with E-state index in [2.05, 4.69) is 4.18 Å². The molecule has 1 aliphatic rings. The molecule has 27 heavy (non-hydrogen) atoms. The number of unbranched alkanes of at least 4 members (excludes halogenated alkanes) is 1. The van der Waals surface area contributed by atoms with E-state index in [9.17, 15) is 26.4 Å². The molecule has 1 aromatic rings. The van der Waals surface area contributed by atoms with Crippen molar-refractivity contribution in [3.8, 4) is 5.75 Å². The average Bonchev–Trinajstić information content (AvgIpc) is 3.10. The summed E-state index contributed by atoms with van der Waals surface area (Å²) < 4.78 is 63.0. The summed E-state index contributed by atoms with van der Waals surface area (Å²) in [4.78, 5) is 13.9. The van der Waals surface area contributed by atoms with Gasteiger partial charge in [-0.05, 0) is 30.5 Å². The first-order valence-electron chi connectivity index (χ1n) is 9.07. The summed E-state index contributed by atoms with van der Waals surface area (Å²) in [6, 6.07) is 5.08. The minimum atomic E-state index is -5.69. The summed E-state index contributed by atoms with van der Waals surface area (Å²) in [5.74, 6) is -0.787. The van der Waals surface area contributed by atoms with Gasteiger partial charge in [-0.2, -0.15) is 21.6 Å². The first-order valence-corrected chi connectivity index (χ1v) is 10.5. The summed E-state index contributed by atoms with van der Waals surface area (Å²) in [5.41, 5.74) is -4.87. The van der Waals surface area contributed by atoms with Crippen molar-refractivity contribution in [2.75, 3.05) is 19.6 Å². The zero-order chi connectivity index (χ0) is 20.1. The summed E-state index contributed by atoms with van der Waals surface area (Å²) in [7, 11) is -5.69. The van der Waals surface area contributed by atoms with Crippen LogP contribution in [0.1, 0.15) is 50.5 Å². The molecular weight excluding hydrogens is 383 g/mol. The standard InChI is InChI=1S/C18H24F3NO4S/c1-14(17(23)6-2-3-11-22-12-4-5-13-22)15-7-9-16(10-8-15)26-27(24,25)18(19,20)21/h7-10,14H,2-6,11-13H2,1H3/p+1/t14-/m1/s1. The van der Waals surface area contributed by atoms with Gasteiger partial charge in [-0.25, -0.2) is 0 Å². The van der Waals surface area contributed by atoms with E-state index in [1.807, 2.05) is 0 Å². The number of hydrogen-bond donors (Lipinski definition) is 1. The molecule has 1 N–H and O–H groups in total. The summed E-state index contributed by atoms with van der Waals surface area (Å²) >= 11 is 0. The lowest BCUT2D eigenvalue weighted by molar-refractivity contribution is -0.887. The highest BCUT2D eigenvalue weighted by atomic mass is 32.2. The highest BCUT2D eigenvalue weighted by Crippen LogP contribution is 2.28. The maximum absolute atomic E-state index is 12.3. The molecule has 5 nitrogen and oxygen atoms in total. The lowest BCUT2D eigenvalue weighted by Crippen LogP contribution is -3.09. The van der Waals surface area contributed by atoms with Crippen LogP contribution in [0.15, 0.2) is 24.3 Å². The topological polar surface area (TPSA) is 64.9 Å². The molecule has 0 saturated carbocycles. The van der Waals surface area contributed by atoms with Crippen LogP contribution in [0.4, 0.5) is 13.2 Å². The van der Waals surface area contributed by atoms with Crippen LogP contribution in [-0.2, 0) is 14.9 Å². The van der Waals surface area contributed by atoms with E-state index in [1.165, 1.54) is 38.1 Å². The first kappa shape index (κ1) is 21.7. The number of ketones is 1. The van der Waals surface area contributed by atoms with Crippen molar-refractivity contribution < 1.29 is 35.5 Å². The van der Waals surface area contributed by atoms with Crippen molar-refractivity contribution in [2.24, 2.45) is 0 Å². The maximum Gasteiger partial charge on any atom is 0.534 e. The largest absolute Gasteiger partial charge is 0.534 e. The number of likely N-dealkylation sites (tertiary alicyclic amines) is 1. The number of rotatable bonds is 9. The Balaban J connectivity index is 1.83. The molecule has 1 aromatic carbocycles. The molecular formula is C18H25F3NO4S+. The fourth-order valence-electron chi connectivity index (χ4n) is 3.19. The predicted molar refractivity (Wildman–Crippen MR) is 94.1 cm³/mol. The van der Waals surface area contributed by atoms with Crippen LogP contribution in [0.3, 0.4) is 0 Å². The van der Waals surface area contributed by atoms with Crippen LogP contribution in [0.5, 0.6) is 5.75 Å². The molecule has 0 aromatic heterocycles. The number of quaternary nitrogens is 1. The molecule has 9 heteroatoms. The molecule has 0 unspecified atom stereocenters. The molecule has 1 saturated heterocycles. The highest BCUT2D eigenvalue weighted by molar-refractivity contribution is 7.88. The van der Waals surface area contributed by atoms with E-state index in [1.54, 1.807) is 11.8 Å². The number of Topliss-reactive ketones (excluding diaryl/α,β-unsaturated/α-hetero) is 1. The van der Waals surface area contributed by atoms with Crippen molar-refractivity contribution in [3.63, 3.8) is 0 Å². The number of halogens is 3. The second-order valence-corrected chi connectivity index (χ2v) is 8.44. The van der Waals surface area contributed by atoms with Crippen molar-refractivity contribution in [1.82, 2.24) is 0 Å². The molecule has 1 fully saturated rings. The van der Waals surface area contributed by atoms with Crippen LogP contribution in [0, 0.1) is 0 Å². The van der Waals surface area contributed by atoms with Gasteiger partial charge in [0.1, 0.15) is 11.5 Å². The predicted octanol–water partition coefficient (Wildman–Crippen LogP) is 2.44. The third-order valence-electron chi connectivity index (χ3n) is 4.87. The van der Waals surface area contributed by atoms with Crippen molar-refractivity contribution in [2.45, 2.75) is 50.5 Å². The minimum absolute atomic E-state index is 0.0583. The van der Waals surface area contributed by atoms with E-state index >= 15 is 0 Å². The molecule has 0 bridgehead atoms. The Labute approximate surface area is 157 Å². The average molecular weight is 408 g/mol. The number of benzene rings is 1. The summed E-state index contributed by atoms with van der Waals surface area (Å²) in [6.07, 6.45) is 4.81. The van der Waals surface area contributed by atoms with Crippen LogP contribution in [0.2, 0.25) is 0 Å². The van der Waals surface area contributed by atoms with Crippen molar-refractivity contribution >= 4 is 15.9 Å². The van der Waals surface area contributed by atoms with Gasteiger partial charge in [0.15, 0.2) is 0 Å². The monoisotopic (exact) mass is 408 g/mol. The Morgan fingerprint density at radius 2 is 1.74 bits per heavy atom. The summed E-state index contributed by atoms with van der Waals surface area (Å²) in [5, 5.41) is 0. The quantitative estimate of drug-likeness (QED) is 0.387. The van der Waals surface area contributed by atoms with Gasteiger partial charge in [-0.3, -0.25) is 4.79 Å². The highest BCUT2D eigenvalue weighted by Gasteiger charge is 2.48. The van der Waals surface area contributed by atoms with Crippen LogP contribution < -0.4 is 9.08 Å². The Morgan fingerprint density at radius 3 is 2.30 bits per heavy atom. The summed E-state index contributed by atoms with van der Waals surface area (Å²) in [6.45, 7) is 5.24. The zero-order valence-electron chi connectivity index (χ0n) is 15.2. The maximum atomic E-state index is 12.3. The lowest BCUT2D eigenvalue weighted by atomic mass is 9.93. The number of carbonyl (C=O) groups is 1. The lowest BCUT2D eigenvalue weighted by Gasteiger charge is -2.14. The SMILES string of the molecule is C[C@@H](C(=O)CCCC[NH+]1CCCC1)c1ccc(OS(=O)(=O)C(F)(F)F)cc1. The van der Waals surface area contributed by atoms with Gasteiger partial charge in [0, 0.05) is 25.2 Å². The Morgan fingerprint density at radius 1 is 1.15 bits per heavy atom. The van der Waals surface area contributed by atoms with Gasteiger partial charge >= 0.3 is 15.6 Å². The fourth-order valence-corrected chi connectivity index (χ4v) is 3.65. The van der Waals surface area contributed by atoms with Gasteiger partial charge in [-0.15, -0.1) is 0 Å². The molecule has 1 heterocycles. The van der Waals surface area contributed by atoms with Gasteiger partial charge in [0.2, 0.25) is 0 Å². The number of nitrogens with one attached hydrogen (secondary N) is 1. The van der Waals surface area contributed by atoms with E-state index in [4.69, 9.17) is 0 Å². The smallest absolute Gasteiger partial charge is 0.376 e. The van der Waals surface area contributed by atoms with Crippen molar-refractivity contribution in [3.05, 3.63) is 29.8 Å². The van der Waals surface area contributed by atoms with Crippen LogP contribution >= 0.6 is 0 Å². The van der Waals surface area contributed by atoms with E-state index in [-0.39, 0.29) is 5.78 Å². The van der Waals surface area contributed by atoms with Crippen LogP contribution in [0.25, 0.3) is 0 Å². The molecule has 1 atom stereocenters. The molecule has 0 spiro atoms. The molecule has 1 aliphatic heterocycles. The molecule has 2 rings (SSSR count). The van der Waals surface area contributed by atoms with Gasteiger partial charge in [0.05, 0.1) is 19.6 Å². The van der Waals surface area contributed by atoms with E-state index in [0.717, 1.165) is 31.5 Å². The first-order chi connectivity index (χ1) is 12.6. The Hall–Kier alpha value is -1.61. The molecule has 0 aliphatic carbocycles.